The third kappa shape index (κ3) is 6.17. The normalized spacial score (nSPS) is 19.4. The van der Waals surface area contributed by atoms with Crippen LogP contribution in [0.3, 0.4) is 0 Å². The second kappa shape index (κ2) is 8.27. The molecule has 0 aromatic rings. The van der Waals surface area contributed by atoms with Gasteiger partial charge >= 0.3 is 0 Å². The second-order valence-corrected chi connectivity index (χ2v) is 5.20. The SMILES string of the molecule is C=CCC[C@@H](O)CN1CCC(CNC(C)=O)CC1. The van der Waals surface area contributed by atoms with Crippen LogP contribution in [0.4, 0.5) is 0 Å². The number of nitrogens with one attached hydrogen (secondary N) is 1. The number of amides is 1. The maximum atomic E-state index is 10.8. The van der Waals surface area contributed by atoms with E-state index in [4.69, 9.17) is 0 Å². The highest BCUT2D eigenvalue weighted by Gasteiger charge is 2.20. The van der Waals surface area contributed by atoms with E-state index in [1.165, 1.54) is 0 Å². The number of allylic oxidation sites excluding steroid dienone is 1. The average molecular weight is 254 g/mol. The Bertz CT molecular complexity index is 261. The summed E-state index contributed by atoms with van der Waals surface area (Å²) in [6.45, 7) is 8.83. The van der Waals surface area contributed by atoms with Crippen LogP contribution >= 0.6 is 0 Å². The van der Waals surface area contributed by atoms with Gasteiger partial charge in [-0.15, -0.1) is 6.58 Å². The largest absolute Gasteiger partial charge is 0.392 e. The van der Waals surface area contributed by atoms with Crippen LogP contribution in [-0.4, -0.2) is 48.2 Å². The number of hydrogen-bond acceptors (Lipinski definition) is 3. The molecule has 1 atom stereocenters. The van der Waals surface area contributed by atoms with Crippen molar-refractivity contribution in [3.05, 3.63) is 12.7 Å². The van der Waals surface area contributed by atoms with Gasteiger partial charge < -0.3 is 15.3 Å². The van der Waals surface area contributed by atoms with Crippen molar-refractivity contribution in [2.45, 2.75) is 38.7 Å². The fourth-order valence-electron chi connectivity index (χ4n) is 2.36. The number of carbonyl (C=O) groups excluding carboxylic acids is 1. The number of aliphatic hydroxyl groups excluding tert-OH is 1. The van der Waals surface area contributed by atoms with Crippen molar-refractivity contribution >= 4 is 5.91 Å². The summed E-state index contributed by atoms with van der Waals surface area (Å²) in [4.78, 5) is 13.2. The molecule has 0 unspecified atom stereocenters. The summed E-state index contributed by atoms with van der Waals surface area (Å²) >= 11 is 0. The lowest BCUT2D eigenvalue weighted by molar-refractivity contribution is -0.119. The number of aliphatic hydroxyl groups is 1. The molecule has 1 saturated heterocycles. The molecule has 1 amide bonds. The predicted molar refractivity (Wildman–Crippen MR) is 73.3 cm³/mol. The summed E-state index contributed by atoms with van der Waals surface area (Å²) in [5.74, 6) is 0.646. The second-order valence-electron chi connectivity index (χ2n) is 5.20. The number of nitrogens with zero attached hydrogens (tertiary/aromatic N) is 1. The number of rotatable bonds is 7. The van der Waals surface area contributed by atoms with Gasteiger partial charge in [0.15, 0.2) is 0 Å². The molecule has 0 aromatic heterocycles. The number of carbonyl (C=O) groups is 1. The molecule has 4 nitrogen and oxygen atoms in total. The van der Waals surface area contributed by atoms with Crippen molar-refractivity contribution < 1.29 is 9.90 Å². The van der Waals surface area contributed by atoms with Crippen molar-refractivity contribution in [2.24, 2.45) is 5.92 Å². The van der Waals surface area contributed by atoms with Crippen LogP contribution in [0.25, 0.3) is 0 Å². The zero-order valence-corrected chi connectivity index (χ0v) is 11.4. The van der Waals surface area contributed by atoms with Gasteiger partial charge in [0.05, 0.1) is 6.10 Å². The van der Waals surface area contributed by atoms with Crippen molar-refractivity contribution in [3.63, 3.8) is 0 Å². The van der Waals surface area contributed by atoms with Crippen LogP contribution in [-0.2, 0) is 4.79 Å². The molecule has 0 aromatic carbocycles. The van der Waals surface area contributed by atoms with E-state index in [0.29, 0.717) is 5.92 Å². The van der Waals surface area contributed by atoms with Gasteiger partial charge in [-0.1, -0.05) is 6.08 Å². The first-order chi connectivity index (χ1) is 8.61. The van der Waals surface area contributed by atoms with Crippen LogP contribution in [0.2, 0.25) is 0 Å². The van der Waals surface area contributed by atoms with Gasteiger partial charge in [0.1, 0.15) is 0 Å². The molecule has 0 radical (unpaired) electrons. The molecule has 1 fully saturated rings. The summed E-state index contributed by atoms with van der Waals surface area (Å²) < 4.78 is 0. The monoisotopic (exact) mass is 254 g/mol. The van der Waals surface area contributed by atoms with E-state index in [9.17, 15) is 9.90 Å². The van der Waals surface area contributed by atoms with Crippen molar-refractivity contribution in [3.8, 4) is 0 Å². The van der Waals surface area contributed by atoms with Gasteiger partial charge in [-0.25, -0.2) is 0 Å². The summed E-state index contributed by atoms with van der Waals surface area (Å²) in [6, 6.07) is 0. The first-order valence-corrected chi connectivity index (χ1v) is 6.87. The Labute approximate surface area is 110 Å². The van der Waals surface area contributed by atoms with E-state index in [-0.39, 0.29) is 12.0 Å². The van der Waals surface area contributed by atoms with Gasteiger partial charge in [-0.3, -0.25) is 4.79 Å². The van der Waals surface area contributed by atoms with Crippen LogP contribution in [0.5, 0.6) is 0 Å². The predicted octanol–water partition coefficient (Wildman–Crippen LogP) is 1.16. The Morgan fingerprint density at radius 3 is 2.78 bits per heavy atom. The van der Waals surface area contributed by atoms with E-state index >= 15 is 0 Å². The molecule has 1 aliphatic heterocycles. The Hall–Kier alpha value is -0.870. The van der Waals surface area contributed by atoms with Gasteiger partial charge in [0.25, 0.3) is 0 Å². The summed E-state index contributed by atoms with van der Waals surface area (Å²) in [7, 11) is 0. The van der Waals surface area contributed by atoms with E-state index in [0.717, 1.165) is 51.9 Å². The summed E-state index contributed by atoms with van der Waals surface area (Å²) in [6.07, 6.45) is 5.50. The zero-order valence-electron chi connectivity index (χ0n) is 11.4. The molecule has 0 bridgehead atoms. The van der Waals surface area contributed by atoms with Crippen molar-refractivity contribution in [2.75, 3.05) is 26.2 Å². The standard InChI is InChI=1S/C14H26N2O2/c1-3-4-5-14(18)11-16-8-6-13(7-9-16)10-15-12(2)17/h3,13-14,18H,1,4-11H2,2H3,(H,15,17)/t14-/m1/s1. The zero-order chi connectivity index (χ0) is 13.4. The Kier molecular flexibility index (Phi) is 6.98. The molecule has 2 N–H and O–H groups in total. The van der Waals surface area contributed by atoms with Gasteiger partial charge in [0, 0.05) is 20.0 Å². The Balaban J connectivity index is 2.14. The lowest BCUT2D eigenvalue weighted by Gasteiger charge is -2.33. The summed E-state index contributed by atoms with van der Waals surface area (Å²) in [5, 5.41) is 12.7. The molecule has 1 heterocycles. The topological polar surface area (TPSA) is 52.6 Å². The fourth-order valence-corrected chi connectivity index (χ4v) is 2.36. The quantitative estimate of drug-likeness (QED) is 0.670. The molecule has 1 aliphatic rings. The smallest absolute Gasteiger partial charge is 0.216 e. The van der Waals surface area contributed by atoms with Crippen LogP contribution in [0, 0.1) is 5.92 Å². The molecular formula is C14H26N2O2. The van der Waals surface area contributed by atoms with Gasteiger partial charge in [-0.05, 0) is 44.7 Å². The molecular weight excluding hydrogens is 228 g/mol. The molecule has 0 aliphatic carbocycles. The number of likely N-dealkylation sites (tertiary alicyclic amines) is 1. The number of β-amino-alcohol motifs (C(OH)–C–C–N with tert-alkyl or cyclic N) is 1. The van der Waals surface area contributed by atoms with Gasteiger partial charge in [0.2, 0.25) is 5.91 Å². The highest BCUT2D eigenvalue weighted by Crippen LogP contribution is 2.17. The van der Waals surface area contributed by atoms with E-state index in [2.05, 4.69) is 16.8 Å². The first-order valence-electron chi connectivity index (χ1n) is 6.87. The highest BCUT2D eigenvalue weighted by molar-refractivity contribution is 5.72. The first kappa shape index (κ1) is 15.2. The van der Waals surface area contributed by atoms with Crippen LogP contribution < -0.4 is 5.32 Å². The molecule has 1 rings (SSSR count). The Morgan fingerprint density at radius 1 is 1.56 bits per heavy atom. The summed E-state index contributed by atoms with van der Waals surface area (Å²) in [5.41, 5.74) is 0. The molecule has 0 spiro atoms. The molecule has 104 valence electrons. The number of hydrogen-bond donors (Lipinski definition) is 2. The Morgan fingerprint density at radius 2 is 2.22 bits per heavy atom. The minimum atomic E-state index is -0.241. The highest BCUT2D eigenvalue weighted by atomic mass is 16.3. The van der Waals surface area contributed by atoms with E-state index < -0.39 is 0 Å². The van der Waals surface area contributed by atoms with Crippen LogP contribution in [0.15, 0.2) is 12.7 Å². The van der Waals surface area contributed by atoms with Crippen molar-refractivity contribution in [1.82, 2.24) is 10.2 Å². The molecule has 18 heavy (non-hydrogen) atoms. The van der Waals surface area contributed by atoms with Crippen LogP contribution in [0.1, 0.15) is 32.6 Å². The lowest BCUT2D eigenvalue weighted by atomic mass is 9.96. The fraction of sp³-hybridized carbons (Fsp3) is 0.786. The van der Waals surface area contributed by atoms with Crippen molar-refractivity contribution in [1.29, 1.82) is 0 Å². The van der Waals surface area contributed by atoms with Gasteiger partial charge in [-0.2, -0.15) is 0 Å². The maximum Gasteiger partial charge on any atom is 0.216 e. The van der Waals surface area contributed by atoms with E-state index in [1.807, 2.05) is 6.08 Å². The average Bonchev–Trinajstić information content (AvgIpc) is 2.35. The third-order valence-corrected chi connectivity index (χ3v) is 3.52. The number of piperidine rings is 1. The lowest BCUT2D eigenvalue weighted by Crippen LogP contribution is -2.41. The minimum Gasteiger partial charge on any atom is -0.392 e. The third-order valence-electron chi connectivity index (χ3n) is 3.52. The van der Waals surface area contributed by atoms with E-state index in [1.54, 1.807) is 6.92 Å². The molecule has 0 saturated carbocycles. The minimum absolute atomic E-state index is 0.0530. The maximum absolute atomic E-state index is 10.8. The molecule has 4 heteroatoms.